The van der Waals surface area contributed by atoms with Crippen molar-refractivity contribution in [3.8, 4) is 0 Å². The maximum Gasteiger partial charge on any atom is 0.410 e. The number of methoxy groups -OCH3 is 1. The lowest BCUT2D eigenvalue weighted by Gasteiger charge is -2.33. The number of hydrogen-bond donors (Lipinski definition) is 1. The van der Waals surface area contributed by atoms with Crippen LogP contribution in [0.15, 0.2) is 43.0 Å². The number of rotatable bonds is 7. The SMILES string of the molecule is C=CC[C@@H](C(=O)OC)[C@@H]1[C@@H](NC(=O)OC(C)(C)C)CCN1C(=O)OCc1ccccc1. The largest absolute Gasteiger partial charge is 0.469 e. The van der Waals surface area contributed by atoms with Crippen molar-refractivity contribution in [2.75, 3.05) is 13.7 Å². The van der Waals surface area contributed by atoms with Crippen LogP contribution in [0, 0.1) is 5.92 Å². The summed E-state index contributed by atoms with van der Waals surface area (Å²) in [7, 11) is 1.29. The van der Waals surface area contributed by atoms with E-state index in [-0.39, 0.29) is 13.0 Å². The predicted octanol–water partition coefficient (Wildman–Crippen LogP) is 3.66. The number of carbonyl (C=O) groups is 3. The van der Waals surface area contributed by atoms with Crippen molar-refractivity contribution in [3.05, 3.63) is 48.6 Å². The van der Waals surface area contributed by atoms with Gasteiger partial charge < -0.3 is 24.4 Å². The molecule has 2 amide bonds. The highest BCUT2D eigenvalue weighted by atomic mass is 16.6. The third kappa shape index (κ3) is 7.01. The third-order valence-electron chi connectivity index (χ3n) is 4.93. The molecule has 31 heavy (non-hydrogen) atoms. The topological polar surface area (TPSA) is 94.2 Å². The van der Waals surface area contributed by atoms with Crippen molar-refractivity contribution in [2.24, 2.45) is 5.92 Å². The maximum absolute atomic E-state index is 12.9. The molecule has 1 heterocycles. The Morgan fingerprint density at radius 2 is 1.94 bits per heavy atom. The number of allylic oxidation sites excluding steroid dienone is 1. The maximum atomic E-state index is 12.9. The fraction of sp³-hybridized carbons (Fsp3) is 0.522. The average Bonchev–Trinajstić information content (AvgIpc) is 3.12. The van der Waals surface area contributed by atoms with Crippen LogP contribution in [0.25, 0.3) is 0 Å². The molecule has 8 nitrogen and oxygen atoms in total. The van der Waals surface area contributed by atoms with Crippen LogP contribution in [-0.4, -0.2) is 54.4 Å². The van der Waals surface area contributed by atoms with E-state index in [4.69, 9.17) is 14.2 Å². The number of carbonyl (C=O) groups excluding carboxylic acids is 3. The first-order valence-electron chi connectivity index (χ1n) is 10.3. The Bertz CT molecular complexity index is 774. The van der Waals surface area contributed by atoms with E-state index in [1.165, 1.54) is 12.0 Å². The van der Waals surface area contributed by atoms with E-state index < -0.39 is 41.8 Å². The average molecular weight is 433 g/mol. The Hall–Kier alpha value is -3.03. The van der Waals surface area contributed by atoms with Crippen molar-refractivity contribution in [1.29, 1.82) is 0 Å². The van der Waals surface area contributed by atoms with Gasteiger partial charge in [0.05, 0.1) is 25.1 Å². The van der Waals surface area contributed by atoms with Crippen molar-refractivity contribution in [1.82, 2.24) is 10.2 Å². The number of nitrogens with one attached hydrogen (secondary N) is 1. The number of nitrogens with zero attached hydrogens (tertiary/aromatic N) is 1. The normalized spacial score (nSPS) is 19.3. The molecular formula is C23H32N2O6. The molecule has 0 radical (unpaired) electrons. The molecule has 1 aromatic rings. The van der Waals surface area contributed by atoms with Crippen LogP contribution in [0.5, 0.6) is 0 Å². The Labute approximate surface area is 183 Å². The smallest absolute Gasteiger partial charge is 0.410 e. The predicted molar refractivity (Wildman–Crippen MR) is 115 cm³/mol. The molecule has 170 valence electrons. The summed E-state index contributed by atoms with van der Waals surface area (Å²) >= 11 is 0. The van der Waals surface area contributed by atoms with Gasteiger partial charge in [0.1, 0.15) is 12.2 Å². The summed E-state index contributed by atoms with van der Waals surface area (Å²) in [6, 6.07) is 8.17. The number of esters is 1. The molecule has 1 saturated heterocycles. The van der Waals surface area contributed by atoms with Crippen LogP contribution in [-0.2, 0) is 25.6 Å². The quantitative estimate of drug-likeness (QED) is 0.401. The number of alkyl carbamates (subject to hydrolysis) is 1. The zero-order valence-electron chi connectivity index (χ0n) is 18.6. The third-order valence-corrected chi connectivity index (χ3v) is 4.93. The first-order chi connectivity index (χ1) is 14.7. The standard InChI is InChI=1S/C23H32N2O6/c1-6-10-17(20(26)29-5)19-18(24-21(27)31-23(2,3)4)13-14-25(19)22(28)30-15-16-11-8-7-9-12-16/h6-9,11-12,17-19H,1,10,13-15H2,2-5H3,(H,24,27)/t17-,18+,19-/m1/s1. The highest BCUT2D eigenvalue weighted by molar-refractivity contribution is 5.77. The number of likely N-dealkylation sites (tertiary alicyclic amines) is 1. The molecule has 0 bridgehead atoms. The van der Waals surface area contributed by atoms with Gasteiger partial charge >= 0.3 is 18.2 Å². The van der Waals surface area contributed by atoms with Gasteiger partial charge in [0.25, 0.3) is 0 Å². The Morgan fingerprint density at radius 1 is 1.26 bits per heavy atom. The van der Waals surface area contributed by atoms with Crippen molar-refractivity contribution < 1.29 is 28.6 Å². The second kappa shape index (κ2) is 10.8. The van der Waals surface area contributed by atoms with Crippen molar-refractivity contribution in [2.45, 2.75) is 57.9 Å². The van der Waals surface area contributed by atoms with Crippen LogP contribution < -0.4 is 5.32 Å². The zero-order valence-corrected chi connectivity index (χ0v) is 18.6. The summed E-state index contributed by atoms with van der Waals surface area (Å²) < 4.78 is 15.8. The van der Waals surface area contributed by atoms with E-state index in [2.05, 4.69) is 11.9 Å². The van der Waals surface area contributed by atoms with E-state index in [1.807, 2.05) is 30.3 Å². The van der Waals surface area contributed by atoms with Gasteiger partial charge in [0.2, 0.25) is 0 Å². The van der Waals surface area contributed by atoms with Crippen LogP contribution in [0.1, 0.15) is 39.2 Å². The summed E-state index contributed by atoms with van der Waals surface area (Å²) in [5.41, 5.74) is 0.181. The first-order valence-corrected chi connectivity index (χ1v) is 10.3. The first kappa shape index (κ1) is 24.2. The number of hydrogen-bond acceptors (Lipinski definition) is 6. The Kier molecular flexibility index (Phi) is 8.47. The molecule has 1 N–H and O–H groups in total. The highest BCUT2D eigenvalue weighted by Crippen LogP contribution is 2.29. The molecule has 0 aromatic heterocycles. The van der Waals surface area contributed by atoms with Crippen LogP contribution >= 0.6 is 0 Å². The van der Waals surface area contributed by atoms with E-state index in [0.29, 0.717) is 13.0 Å². The minimum atomic E-state index is -0.700. The van der Waals surface area contributed by atoms with Gasteiger partial charge in [-0.2, -0.15) is 0 Å². The lowest BCUT2D eigenvalue weighted by atomic mass is 9.91. The Balaban J connectivity index is 2.20. The minimum absolute atomic E-state index is 0.109. The van der Waals surface area contributed by atoms with Gasteiger partial charge in [0.15, 0.2) is 0 Å². The van der Waals surface area contributed by atoms with E-state index >= 15 is 0 Å². The fourth-order valence-corrected chi connectivity index (χ4v) is 3.65. The van der Waals surface area contributed by atoms with Crippen LogP contribution in [0.4, 0.5) is 9.59 Å². The van der Waals surface area contributed by atoms with Gasteiger partial charge in [-0.05, 0) is 39.2 Å². The van der Waals surface area contributed by atoms with Crippen molar-refractivity contribution in [3.63, 3.8) is 0 Å². The number of ether oxygens (including phenoxy) is 3. The van der Waals surface area contributed by atoms with Gasteiger partial charge in [0, 0.05) is 6.54 Å². The molecule has 3 atom stereocenters. The molecule has 1 fully saturated rings. The van der Waals surface area contributed by atoms with Gasteiger partial charge in [-0.15, -0.1) is 6.58 Å². The molecule has 0 aliphatic carbocycles. The van der Waals surface area contributed by atoms with Gasteiger partial charge in [-0.1, -0.05) is 36.4 Å². The molecule has 1 aliphatic rings. The highest BCUT2D eigenvalue weighted by Gasteiger charge is 2.46. The number of benzene rings is 1. The summed E-state index contributed by atoms with van der Waals surface area (Å²) in [5.74, 6) is -1.18. The summed E-state index contributed by atoms with van der Waals surface area (Å²) in [6.07, 6.45) is 1.17. The molecule has 0 spiro atoms. The van der Waals surface area contributed by atoms with E-state index in [0.717, 1.165) is 5.56 Å². The second-order valence-corrected chi connectivity index (χ2v) is 8.42. The fourth-order valence-electron chi connectivity index (χ4n) is 3.65. The minimum Gasteiger partial charge on any atom is -0.469 e. The Morgan fingerprint density at radius 3 is 2.52 bits per heavy atom. The molecule has 1 aliphatic heterocycles. The van der Waals surface area contributed by atoms with Gasteiger partial charge in [-0.3, -0.25) is 4.79 Å². The molecule has 0 saturated carbocycles. The summed E-state index contributed by atoms with van der Waals surface area (Å²) in [4.78, 5) is 39.2. The summed E-state index contributed by atoms with van der Waals surface area (Å²) in [5, 5.41) is 2.81. The molecule has 1 aromatic carbocycles. The molecule has 8 heteroatoms. The lowest BCUT2D eigenvalue weighted by molar-refractivity contribution is -0.147. The monoisotopic (exact) mass is 432 g/mol. The second-order valence-electron chi connectivity index (χ2n) is 8.42. The summed E-state index contributed by atoms with van der Waals surface area (Å²) in [6.45, 7) is 9.44. The van der Waals surface area contributed by atoms with Gasteiger partial charge in [-0.25, -0.2) is 9.59 Å². The number of amides is 2. The van der Waals surface area contributed by atoms with Crippen LogP contribution in [0.2, 0.25) is 0 Å². The van der Waals surface area contributed by atoms with E-state index in [1.54, 1.807) is 26.8 Å². The van der Waals surface area contributed by atoms with Crippen LogP contribution in [0.3, 0.4) is 0 Å². The van der Waals surface area contributed by atoms with E-state index in [9.17, 15) is 14.4 Å². The zero-order chi connectivity index (χ0) is 23.0. The molecule has 2 rings (SSSR count). The molecule has 0 unspecified atom stereocenters. The van der Waals surface area contributed by atoms with Crippen molar-refractivity contribution >= 4 is 18.2 Å². The lowest BCUT2D eigenvalue weighted by Crippen LogP contribution is -2.53. The molecular weight excluding hydrogens is 400 g/mol.